The van der Waals surface area contributed by atoms with Gasteiger partial charge in [0.05, 0.1) is 28.6 Å². The van der Waals surface area contributed by atoms with Crippen LogP contribution in [0.15, 0.2) is 96.2 Å². The molecule has 2 aliphatic rings. The lowest BCUT2D eigenvalue weighted by atomic mass is 9.77. The number of aliphatic imine (C=N–C) groups is 1. The van der Waals surface area contributed by atoms with Gasteiger partial charge in [0.25, 0.3) is 0 Å². The third-order valence-corrected chi connectivity index (χ3v) is 8.28. The van der Waals surface area contributed by atoms with Crippen LogP contribution in [0.25, 0.3) is 22.2 Å². The summed E-state index contributed by atoms with van der Waals surface area (Å²) >= 11 is 0. The Morgan fingerprint density at radius 1 is 0.902 bits per heavy atom. The van der Waals surface area contributed by atoms with E-state index in [1.54, 1.807) is 30.6 Å². The molecule has 7 heteroatoms. The van der Waals surface area contributed by atoms with Gasteiger partial charge in [-0.2, -0.15) is 0 Å². The molecule has 7 rings (SSSR count). The molecule has 0 saturated carbocycles. The van der Waals surface area contributed by atoms with Gasteiger partial charge in [0.1, 0.15) is 17.2 Å². The van der Waals surface area contributed by atoms with Gasteiger partial charge in [-0.05, 0) is 85.8 Å². The van der Waals surface area contributed by atoms with Gasteiger partial charge in [-0.15, -0.1) is 0 Å². The van der Waals surface area contributed by atoms with Crippen LogP contribution >= 0.6 is 0 Å². The maximum absolute atomic E-state index is 13.1. The Labute approximate surface area is 238 Å². The third kappa shape index (κ3) is 3.80. The van der Waals surface area contributed by atoms with Crippen LogP contribution in [0.1, 0.15) is 35.3 Å². The van der Waals surface area contributed by atoms with Crippen LogP contribution in [0.5, 0.6) is 11.5 Å². The van der Waals surface area contributed by atoms with Crippen molar-refractivity contribution in [2.75, 3.05) is 11.9 Å². The molecule has 41 heavy (non-hydrogen) atoms. The summed E-state index contributed by atoms with van der Waals surface area (Å²) in [6.07, 6.45) is 5.23. The van der Waals surface area contributed by atoms with Gasteiger partial charge in [-0.25, -0.2) is 4.79 Å². The Morgan fingerprint density at radius 3 is 2.46 bits per heavy atom. The number of carbonyl (C=O) groups excluding carboxylic acids is 1. The van der Waals surface area contributed by atoms with Crippen molar-refractivity contribution in [3.63, 3.8) is 0 Å². The molecular weight excluding hydrogens is 512 g/mol. The molecule has 2 aliphatic heterocycles. The summed E-state index contributed by atoms with van der Waals surface area (Å²) in [5, 5.41) is 1.81. The molecule has 0 amide bonds. The van der Waals surface area contributed by atoms with Crippen molar-refractivity contribution in [3.8, 4) is 22.9 Å². The highest BCUT2D eigenvalue weighted by Crippen LogP contribution is 2.54. The van der Waals surface area contributed by atoms with E-state index in [0.717, 1.165) is 22.0 Å². The number of benzene rings is 3. The summed E-state index contributed by atoms with van der Waals surface area (Å²) < 4.78 is 12.6. The lowest BCUT2D eigenvalue weighted by Gasteiger charge is -2.45. The van der Waals surface area contributed by atoms with Gasteiger partial charge in [0.15, 0.2) is 0 Å². The number of aryl methyl sites for hydroxylation is 1. The number of likely N-dealkylation sites (N-methyl/N-ethyl adjacent to an activating group) is 1. The van der Waals surface area contributed by atoms with Crippen molar-refractivity contribution in [3.05, 3.63) is 108 Å². The number of ether oxygens (including phenoxy) is 2. The number of hydrogen-bond donors (Lipinski definition) is 0. The number of pyridine rings is 2. The Kier molecular flexibility index (Phi) is 5.47. The minimum atomic E-state index is -0.771. The van der Waals surface area contributed by atoms with Crippen LogP contribution in [-0.4, -0.2) is 34.9 Å². The summed E-state index contributed by atoms with van der Waals surface area (Å²) in [5.41, 5.74) is 4.70. The molecule has 0 fully saturated rings. The van der Waals surface area contributed by atoms with Crippen molar-refractivity contribution >= 4 is 34.3 Å². The van der Waals surface area contributed by atoms with E-state index in [1.165, 1.54) is 5.56 Å². The zero-order valence-corrected chi connectivity index (χ0v) is 23.3. The Bertz CT molecular complexity index is 1900. The molecule has 0 saturated heterocycles. The van der Waals surface area contributed by atoms with Crippen LogP contribution < -0.4 is 14.4 Å². The molecule has 0 radical (unpaired) electrons. The Hall–Kier alpha value is -5.04. The van der Waals surface area contributed by atoms with Crippen LogP contribution in [-0.2, 0) is 5.41 Å². The molecule has 1 atom stereocenters. The first-order valence-corrected chi connectivity index (χ1v) is 13.5. The highest BCUT2D eigenvalue weighted by molar-refractivity contribution is 6.01. The smallest absolute Gasteiger partial charge is 0.343 e. The number of esters is 1. The van der Waals surface area contributed by atoms with Crippen molar-refractivity contribution < 1.29 is 14.3 Å². The van der Waals surface area contributed by atoms with E-state index in [-0.39, 0.29) is 5.41 Å². The summed E-state index contributed by atoms with van der Waals surface area (Å²) in [7, 11) is 2.04. The zero-order valence-electron chi connectivity index (χ0n) is 23.3. The lowest BCUT2D eigenvalue weighted by Crippen LogP contribution is -2.61. The first-order valence-electron chi connectivity index (χ1n) is 13.5. The summed E-state index contributed by atoms with van der Waals surface area (Å²) in [6.45, 7) is 6.36. The molecule has 202 valence electrons. The standard InChI is InChI=1S/C34H28N4O3/c1-21-13-15-35-27(17-21)28-18-23(14-16-36-28)32(39)40-24-11-9-22-10-12-30-31(25(22)19-24)37-20-34(41-30)33(2,3)26-7-5-6-8-29(26)38(34)4/h5-20H,1-4H3. The van der Waals surface area contributed by atoms with Crippen LogP contribution in [0.2, 0.25) is 0 Å². The van der Waals surface area contributed by atoms with E-state index < -0.39 is 11.7 Å². The molecule has 3 aromatic carbocycles. The van der Waals surface area contributed by atoms with E-state index in [4.69, 9.17) is 14.5 Å². The number of para-hydroxylation sites is 1. The number of hydrogen-bond acceptors (Lipinski definition) is 7. The molecule has 2 aromatic heterocycles. The van der Waals surface area contributed by atoms with Gasteiger partial charge >= 0.3 is 5.97 Å². The predicted molar refractivity (Wildman–Crippen MR) is 160 cm³/mol. The first kappa shape index (κ1) is 25.0. The SMILES string of the molecule is Cc1ccnc(-c2cc(C(=O)Oc3ccc4ccc5c(c4c3)N=CC3(O5)N(C)c4ccccc4C3(C)C)ccn2)c1. The van der Waals surface area contributed by atoms with Gasteiger partial charge in [-0.1, -0.05) is 30.3 Å². The Balaban J connectivity index is 1.21. The second-order valence-electron chi connectivity index (χ2n) is 11.1. The summed E-state index contributed by atoms with van der Waals surface area (Å²) in [6, 6.07) is 25.1. The fraction of sp³-hybridized carbons (Fsp3) is 0.176. The van der Waals surface area contributed by atoms with Gasteiger partial charge < -0.3 is 14.4 Å². The highest BCUT2D eigenvalue weighted by Gasteiger charge is 2.58. The van der Waals surface area contributed by atoms with Crippen LogP contribution in [0, 0.1) is 6.92 Å². The average Bonchev–Trinajstić information content (AvgIpc) is 3.15. The quantitative estimate of drug-likeness (QED) is 0.180. The van der Waals surface area contributed by atoms with E-state index in [1.807, 2.05) is 62.7 Å². The molecule has 7 nitrogen and oxygen atoms in total. The fourth-order valence-corrected chi connectivity index (χ4v) is 5.96. The molecule has 4 heterocycles. The molecule has 5 aromatic rings. The maximum atomic E-state index is 13.1. The topological polar surface area (TPSA) is 76.9 Å². The number of aromatic nitrogens is 2. The van der Waals surface area contributed by atoms with Crippen LogP contribution in [0.3, 0.4) is 0 Å². The molecule has 0 bridgehead atoms. The minimum absolute atomic E-state index is 0.344. The second-order valence-corrected chi connectivity index (χ2v) is 11.1. The van der Waals surface area contributed by atoms with Crippen LogP contribution in [0.4, 0.5) is 11.4 Å². The van der Waals surface area contributed by atoms with Crippen molar-refractivity contribution in [2.45, 2.75) is 31.9 Å². The van der Waals surface area contributed by atoms with Crippen molar-refractivity contribution in [1.82, 2.24) is 9.97 Å². The van der Waals surface area contributed by atoms with Crippen molar-refractivity contribution in [1.29, 1.82) is 0 Å². The van der Waals surface area contributed by atoms with E-state index in [2.05, 4.69) is 46.9 Å². The fourth-order valence-electron chi connectivity index (χ4n) is 5.96. The summed E-state index contributed by atoms with van der Waals surface area (Å²) in [4.78, 5) is 29.0. The monoisotopic (exact) mass is 540 g/mol. The van der Waals surface area contributed by atoms with E-state index in [0.29, 0.717) is 34.1 Å². The van der Waals surface area contributed by atoms with Crippen molar-refractivity contribution in [2.24, 2.45) is 4.99 Å². The lowest BCUT2D eigenvalue weighted by molar-refractivity contribution is 0.0735. The molecular formula is C34H28N4O3. The number of fused-ring (bicyclic) bond motifs is 4. The minimum Gasteiger partial charge on any atom is -0.459 e. The summed E-state index contributed by atoms with van der Waals surface area (Å²) in [5.74, 6) is 0.626. The largest absolute Gasteiger partial charge is 0.459 e. The molecule has 0 aliphatic carbocycles. The average molecular weight is 541 g/mol. The molecule has 0 N–H and O–H groups in total. The van der Waals surface area contributed by atoms with E-state index in [9.17, 15) is 4.79 Å². The maximum Gasteiger partial charge on any atom is 0.343 e. The normalized spacial score (nSPS) is 18.2. The first-order chi connectivity index (χ1) is 19.8. The number of carbonyl (C=O) groups is 1. The van der Waals surface area contributed by atoms with Gasteiger partial charge in [0.2, 0.25) is 5.72 Å². The Morgan fingerprint density at radius 2 is 1.66 bits per heavy atom. The number of rotatable bonds is 3. The number of anilines is 1. The second kappa shape index (κ2) is 8.99. The van der Waals surface area contributed by atoms with Gasteiger partial charge in [0, 0.05) is 30.5 Å². The number of nitrogens with zero attached hydrogens (tertiary/aromatic N) is 4. The van der Waals surface area contributed by atoms with E-state index >= 15 is 0 Å². The highest BCUT2D eigenvalue weighted by atomic mass is 16.5. The predicted octanol–water partition coefficient (Wildman–Crippen LogP) is 7.04. The third-order valence-electron chi connectivity index (χ3n) is 8.28. The molecule has 1 spiro atoms. The zero-order chi connectivity index (χ0) is 28.4. The van der Waals surface area contributed by atoms with Gasteiger partial charge in [-0.3, -0.25) is 15.0 Å². The molecule has 1 unspecified atom stereocenters.